The Morgan fingerprint density at radius 1 is 1.00 bits per heavy atom. The molecule has 0 heterocycles. The van der Waals surface area contributed by atoms with Gasteiger partial charge in [0.25, 0.3) is 0 Å². The van der Waals surface area contributed by atoms with Gasteiger partial charge in [-0.3, -0.25) is 4.79 Å². The monoisotopic (exact) mass is 392 g/mol. The summed E-state index contributed by atoms with van der Waals surface area (Å²) in [6.45, 7) is 7.41. The highest BCUT2D eigenvalue weighted by Gasteiger charge is 2.17. The normalized spacial score (nSPS) is 11.5. The van der Waals surface area contributed by atoms with Crippen LogP contribution in [0, 0.1) is 0 Å². The summed E-state index contributed by atoms with van der Waals surface area (Å²) in [6, 6.07) is 6.77. The zero-order chi connectivity index (χ0) is 21.0. The molecule has 0 aliphatic heterocycles. The minimum atomic E-state index is -0.528. The lowest BCUT2D eigenvalue weighted by atomic mass is 10.1. The third kappa shape index (κ3) is 11.0. The molecule has 0 aromatic heterocycles. The van der Waals surface area contributed by atoms with Gasteiger partial charge in [-0.25, -0.2) is 4.79 Å². The maximum atomic E-state index is 12.0. The van der Waals surface area contributed by atoms with Crippen LogP contribution in [0.1, 0.15) is 69.7 Å². The van der Waals surface area contributed by atoms with E-state index in [1.807, 2.05) is 27.8 Å². The number of aliphatic hydroxyl groups is 1. The van der Waals surface area contributed by atoms with Crippen LogP contribution in [0.25, 0.3) is 0 Å². The molecule has 1 aromatic carbocycles. The van der Waals surface area contributed by atoms with Gasteiger partial charge >= 0.3 is 5.97 Å². The fourth-order valence-corrected chi connectivity index (χ4v) is 2.73. The third-order valence-electron chi connectivity index (χ3n) is 4.23. The molecule has 6 nitrogen and oxygen atoms in total. The Labute approximate surface area is 169 Å². The number of amides is 1. The summed E-state index contributed by atoms with van der Waals surface area (Å²) < 4.78 is 5.32. The first kappa shape index (κ1) is 24.1. The molecule has 28 heavy (non-hydrogen) atoms. The van der Waals surface area contributed by atoms with E-state index >= 15 is 0 Å². The lowest BCUT2D eigenvalue weighted by Crippen LogP contribution is -2.23. The average Bonchev–Trinajstić information content (AvgIpc) is 2.60. The molecular formula is C22H36N2O4. The number of ether oxygens (including phenoxy) is 1. The highest BCUT2D eigenvalue weighted by atomic mass is 16.6. The first-order valence-corrected chi connectivity index (χ1v) is 10.1. The van der Waals surface area contributed by atoms with Crippen LogP contribution in [-0.2, 0) is 9.53 Å². The van der Waals surface area contributed by atoms with E-state index in [1.165, 1.54) is 0 Å². The fourth-order valence-electron chi connectivity index (χ4n) is 2.73. The lowest BCUT2D eigenvalue weighted by molar-refractivity contribution is -0.116. The van der Waals surface area contributed by atoms with Crippen LogP contribution in [-0.4, -0.2) is 54.2 Å². The van der Waals surface area contributed by atoms with Crippen molar-refractivity contribution in [1.82, 2.24) is 4.90 Å². The van der Waals surface area contributed by atoms with Crippen molar-refractivity contribution in [2.24, 2.45) is 0 Å². The largest absolute Gasteiger partial charge is 0.456 e. The summed E-state index contributed by atoms with van der Waals surface area (Å²) in [5.41, 5.74) is 0.626. The number of carbonyl (C=O) groups is 2. The van der Waals surface area contributed by atoms with Crippen LogP contribution in [0.5, 0.6) is 0 Å². The van der Waals surface area contributed by atoms with Gasteiger partial charge in [0.1, 0.15) is 5.60 Å². The lowest BCUT2D eigenvalue weighted by Gasteiger charge is -2.19. The van der Waals surface area contributed by atoms with Crippen molar-refractivity contribution in [3.63, 3.8) is 0 Å². The topological polar surface area (TPSA) is 78.9 Å². The van der Waals surface area contributed by atoms with Crippen molar-refractivity contribution in [3.05, 3.63) is 29.8 Å². The van der Waals surface area contributed by atoms with E-state index in [0.29, 0.717) is 17.7 Å². The van der Waals surface area contributed by atoms with Gasteiger partial charge in [0, 0.05) is 18.7 Å². The van der Waals surface area contributed by atoms with E-state index in [9.17, 15) is 9.59 Å². The summed E-state index contributed by atoms with van der Waals surface area (Å²) in [4.78, 5) is 26.2. The Morgan fingerprint density at radius 2 is 1.61 bits per heavy atom. The number of hydrogen-bond donors (Lipinski definition) is 2. The van der Waals surface area contributed by atoms with Crippen LogP contribution >= 0.6 is 0 Å². The second-order valence-electron chi connectivity index (χ2n) is 8.17. The summed E-state index contributed by atoms with van der Waals surface area (Å²) in [5.74, 6) is -0.374. The number of hydrogen-bond acceptors (Lipinski definition) is 5. The highest BCUT2D eigenvalue weighted by molar-refractivity contribution is 5.93. The number of carbonyl (C=O) groups excluding carboxylic acids is 2. The number of esters is 1. The molecule has 0 unspecified atom stereocenters. The van der Waals surface area contributed by atoms with Gasteiger partial charge in [0.2, 0.25) is 5.91 Å². The van der Waals surface area contributed by atoms with Crippen LogP contribution in [0.15, 0.2) is 24.3 Å². The van der Waals surface area contributed by atoms with Crippen molar-refractivity contribution in [2.75, 3.05) is 32.1 Å². The van der Waals surface area contributed by atoms with E-state index in [1.54, 1.807) is 24.3 Å². The molecule has 0 saturated carbocycles. The first-order valence-electron chi connectivity index (χ1n) is 10.1. The predicted molar refractivity (Wildman–Crippen MR) is 113 cm³/mol. The van der Waals surface area contributed by atoms with Crippen molar-refractivity contribution in [2.45, 2.75) is 64.9 Å². The molecule has 0 aliphatic rings. The standard InChI is InChI=1S/C22H36N2O4/c1-22(2,3)28-21(27)18-11-13-19(14-12-18)23-20(26)10-8-6-5-7-9-15-24(4)16-17-25/h11-14,25H,5-10,15-17H2,1-4H3,(H,23,26). The third-order valence-corrected chi connectivity index (χ3v) is 4.23. The molecular weight excluding hydrogens is 356 g/mol. The van der Waals surface area contributed by atoms with Crippen molar-refractivity contribution < 1.29 is 19.4 Å². The van der Waals surface area contributed by atoms with E-state index in [2.05, 4.69) is 10.2 Å². The SMILES string of the molecule is CN(CCO)CCCCCCCC(=O)Nc1ccc(C(=O)OC(C)(C)C)cc1. The minimum Gasteiger partial charge on any atom is -0.456 e. The molecule has 158 valence electrons. The molecule has 0 aliphatic carbocycles. The molecule has 2 N–H and O–H groups in total. The van der Waals surface area contributed by atoms with E-state index in [4.69, 9.17) is 9.84 Å². The van der Waals surface area contributed by atoms with Gasteiger partial charge in [0.05, 0.1) is 12.2 Å². The first-order chi connectivity index (χ1) is 13.2. The number of unbranched alkanes of at least 4 members (excludes halogenated alkanes) is 4. The number of nitrogens with zero attached hydrogens (tertiary/aromatic N) is 1. The summed E-state index contributed by atoms with van der Waals surface area (Å²) in [6.07, 6.45) is 5.78. The van der Waals surface area contributed by atoms with Crippen LogP contribution < -0.4 is 5.32 Å². The Hall–Kier alpha value is -1.92. The average molecular weight is 393 g/mol. The predicted octanol–water partition coefficient (Wildman–Crippen LogP) is 3.85. The molecule has 1 rings (SSSR count). The molecule has 0 spiro atoms. The minimum absolute atomic E-state index is 0.00676. The van der Waals surface area contributed by atoms with E-state index in [-0.39, 0.29) is 18.5 Å². The second-order valence-corrected chi connectivity index (χ2v) is 8.17. The quantitative estimate of drug-likeness (QED) is 0.417. The molecule has 1 aromatic rings. The number of anilines is 1. The van der Waals surface area contributed by atoms with Gasteiger partial charge in [-0.2, -0.15) is 0 Å². The van der Waals surface area contributed by atoms with Gasteiger partial charge in [-0.15, -0.1) is 0 Å². The number of likely N-dealkylation sites (N-methyl/N-ethyl adjacent to an activating group) is 1. The summed E-state index contributed by atoms with van der Waals surface area (Å²) in [7, 11) is 2.01. The van der Waals surface area contributed by atoms with Crippen LogP contribution in [0.4, 0.5) is 5.69 Å². The highest BCUT2D eigenvalue weighted by Crippen LogP contribution is 2.15. The number of benzene rings is 1. The van der Waals surface area contributed by atoms with E-state index in [0.717, 1.165) is 45.2 Å². The fraction of sp³-hybridized carbons (Fsp3) is 0.636. The molecule has 6 heteroatoms. The number of rotatable bonds is 12. The molecule has 0 fully saturated rings. The van der Waals surface area contributed by atoms with Gasteiger partial charge in [-0.1, -0.05) is 19.3 Å². The summed E-state index contributed by atoms with van der Waals surface area (Å²) in [5, 5.41) is 11.7. The summed E-state index contributed by atoms with van der Waals surface area (Å²) >= 11 is 0. The zero-order valence-electron chi connectivity index (χ0n) is 17.8. The maximum Gasteiger partial charge on any atom is 0.338 e. The molecule has 0 radical (unpaired) electrons. The number of nitrogens with one attached hydrogen (secondary N) is 1. The van der Waals surface area contributed by atoms with Gasteiger partial charge in [0.15, 0.2) is 0 Å². The smallest absolute Gasteiger partial charge is 0.338 e. The second kappa shape index (κ2) is 12.5. The van der Waals surface area contributed by atoms with Crippen molar-refractivity contribution in [3.8, 4) is 0 Å². The molecule has 0 saturated heterocycles. The Morgan fingerprint density at radius 3 is 2.21 bits per heavy atom. The number of aliphatic hydroxyl groups excluding tert-OH is 1. The zero-order valence-corrected chi connectivity index (χ0v) is 17.8. The van der Waals surface area contributed by atoms with Crippen molar-refractivity contribution >= 4 is 17.6 Å². The molecule has 1 amide bonds. The van der Waals surface area contributed by atoms with Crippen LogP contribution in [0.3, 0.4) is 0 Å². The van der Waals surface area contributed by atoms with Crippen LogP contribution in [0.2, 0.25) is 0 Å². The molecule has 0 bridgehead atoms. The molecule has 0 atom stereocenters. The van der Waals surface area contributed by atoms with E-state index < -0.39 is 5.60 Å². The Bertz CT molecular complexity index is 594. The maximum absolute atomic E-state index is 12.0. The Balaban J connectivity index is 2.21. The van der Waals surface area contributed by atoms with Gasteiger partial charge in [-0.05, 0) is 71.5 Å². The van der Waals surface area contributed by atoms with Crippen molar-refractivity contribution in [1.29, 1.82) is 0 Å². The Kier molecular flexibility index (Phi) is 10.8. The van der Waals surface area contributed by atoms with Gasteiger partial charge < -0.3 is 20.1 Å².